The Morgan fingerprint density at radius 3 is 2.32 bits per heavy atom. The molecule has 0 spiro atoms. The Morgan fingerprint density at radius 2 is 1.68 bits per heavy atom. The summed E-state index contributed by atoms with van der Waals surface area (Å²) in [4.78, 5) is 12.8. The predicted molar refractivity (Wildman–Crippen MR) is 134 cm³/mol. The average Bonchev–Trinajstić information content (AvgIpc) is 2.75. The Hall–Kier alpha value is -1.13. The van der Waals surface area contributed by atoms with Crippen LogP contribution in [0.4, 0.5) is 0 Å². The van der Waals surface area contributed by atoms with Crippen molar-refractivity contribution < 1.29 is 20.1 Å². The number of carboxylic acids is 1. The van der Waals surface area contributed by atoms with Gasteiger partial charge in [0.25, 0.3) is 0 Å². The Morgan fingerprint density at radius 1 is 1.00 bits per heavy atom. The number of carbonyl (C=O) groups is 1. The molecule has 0 radical (unpaired) electrons. The van der Waals surface area contributed by atoms with E-state index < -0.39 is 29.0 Å². The molecule has 0 aliphatic heterocycles. The van der Waals surface area contributed by atoms with Crippen LogP contribution < -0.4 is 0 Å². The van der Waals surface area contributed by atoms with Crippen LogP contribution in [-0.4, -0.2) is 33.5 Å². The molecule has 0 aromatic carbocycles. The van der Waals surface area contributed by atoms with Gasteiger partial charge in [0.15, 0.2) is 0 Å². The highest BCUT2D eigenvalue weighted by Gasteiger charge is 2.68. The lowest BCUT2D eigenvalue weighted by atomic mass is 9.35. The highest BCUT2D eigenvalue weighted by atomic mass is 16.4. The molecular weight excluding hydrogens is 424 g/mol. The second-order valence-corrected chi connectivity index (χ2v) is 14.2. The molecule has 0 bridgehead atoms. The van der Waals surface area contributed by atoms with E-state index in [4.69, 9.17) is 0 Å². The Kier molecular flexibility index (Phi) is 5.21. The summed E-state index contributed by atoms with van der Waals surface area (Å²) in [5.41, 5.74) is 1.45. The largest absolute Gasteiger partial charge is 0.481 e. The first-order valence-electron chi connectivity index (χ1n) is 13.7. The number of hydrogen-bond acceptors (Lipinski definition) is 3. The van der Waals surface area contributed by atoms with E-state index in [0.717, 1.165) is 38.5 Å². The summed E-state index contributed by atoms with van der Waals surface area (Å²) in [6.07, 6.45) is 9.38. The van der Waals surface area contributed by atoms with Gasteiger partial charge in [-0.25, -0.2) is 0 Å². The van der Waals surface area contributed by atoms with Gasteiger partial charge in [-0.2, -0.15) is 0 Å². The standard InChI is InChI=1S/C30H46O4/c1-17-10-13-30(25(33)34)15-14-28(6)19(23(30)18(17)2)8-9-22-27(5)16-20(31)24(32)26(3,4)21(27)11-12-29(22,28)7/h8,11,17-18,20,22-24,31-32H,9-10,12-16H2,1-7H3,(H,33,34)/t17-,18+,20-,22-,23+,24+,27+,28-,29-,30+/m1/s1. The summed E-state index contributed by atoms with van der Waals surface area (Å²) < 4.78 is 0. The first kappa shape index (κ1) is 24.6. The summed E-state index contributed by atoms with van der Waals surface area (Å²) >= 11 is 0. The van der Waals surface area contributed by atoms with E-state index in [-0.39, 0.29) is 22.2 Å². The average molecular weight is 471 g/mol. The number of allylic oxidation sites excluding steroid dienone is 3. The van der Waals surface area contributed by atoms with Crippen LogP contribution in [0.1, 0.15) is 93.4 Å². The summed E-state index contributed by atoms with van der Waals surface area (Å²) in [5, 5.41) is 32.3. The predicted octanol–water partition coefficient (Wildman–Crippen LogP) is 5.98. The molecule has 4 nitrogen and oxygen atoms in total. The molecule has 0 aromatic rings. The number of rotatable bonds is 1. The van der Waals surface area contributed by atoms with Gasteiger partial charge in [-0.15, -0.1) is 0 Å². The van der Waals surface area contributed by atoms with Gasteiger partial charge in [0.1, 0.15) is 0 Å². The van der Waals surface area contributed by atoms with Gasteiger partial charge in [0, 0.05) is 5.41 Å². The van der Waals surface area contributed by atoms with Crippen molar-refractivity contribution in [2.75, 3.05) is 0 Å². The molecule has 0 saturated heterocycles. The van der Waals surface area contributed by atoms with Crippen LogP contribution in [0.2, 0.25) is 0 Å². The minimum atomic E-state index is -0.739. The molecular formula is C30H46O4. The molecule has 3 saturated carbocycles. The monoisotopic (exact) mass is 470 g/mol. The molecule has 34 heavy (non-hydrogen) atoms. The normalized spacial score (nSPS) is 53.9. The van der Waals surface area contributed by atoms with Gasteiger partial charge in [-0.05, 0) is 84.9 Å². The summed E-state index contributed by atoms with van der Waals surface area (Å²) in [5.74, 6) is 0.794. The maximum absolute atomic E-state index is 12.8. The zero-order valence-corrected chi connectivity index (χ0v) is 22.3. The minimum Gasteiger partial charge on any atom is -0.481 e. The summed E-state index contributed by atoms with van der Waals surface area (Å²) in [7, 11) is 0. The van der Waals surface area contributed by atoms with Crippen LogP contribution in [0.15, 0.2) is 23.3 Å². The topological polar surface area (TPSA) is 77.8 Å². The molecule has 190 valence electrons. The van der Waals surface area contributed by atoms with Crippen molar-refractivity contribution >= 4 is 5.97 Å². The number of carboxylic acid groups (broad SMARTS) is 1. The van der Waals surface area contributed by atoms with E-state index in [9.17, 15) is 20.1 Å². The molecule has 10 atom stereocenters. The van der Waals surface area contributed by atoms with Crippen molar-refractivity contribution in [3.63, 3.8) is 0 Å². The maximum Gasteiger partial charge on any atom is 0.310 e. The van der Waals surface area contributed by atoms with E-state index >= 15 is 0 Å². The number of aliphatic carboxylic acids is 1. The van der Waals surface area contributed by atoms with Gasteiger partial charge in [-0.1, -0.05) is 71.8 Å². The molecule has 5 aliphatic carbocycles. The summed E-state index contributed by atoms with van der Waals surface area (Å²) in [6, 6.07) is 0. The maximum atomic E-state index is 12.8. The zero-order chi connectivity index (χ0) is 25.1. The van der Waals surface area contributed by atoms with Gasteiger partial charge >= 0.3 is 5.97 Å². The minimum absolute atomic E-state index is 0.00149. The van der Waals surface area contributed by atoms with Crippen LogP contribution in [0, 0.1) is 50.7 Å². The lowest BCUT2D eigenvalue weighted by molar-refractivity contribution is -0.171. The fraction of sp³-hybridized carbons (Fsp3) is 0.833. The lowest BCUT2D eigenvalue weighted by Gasteiger charge is -2.69. The number of aliphatic hydroxyl groups excluding tert-OH is 2. The lowest BCUT2D eigenvalue weighted by Crippen LogP contribution is -2.64. The quantitative estimate of drug-likeness (QED) is 0.412. The molecule has 5 aliphatic rings. The van der Waals surface area contributed by atoms with Crippen LogP contribution in [0.3, 0.4) is 0 Å². The second kappa shape index (κ2) is 7.22. The molecule has 0 aromatic heterocycles. The molecule has 5 rings (SSSR count). The molecule has 0 heterocycles. The zero-order valence-electron chi connectivity index (χ0n) is 22.3. The van der Waals surface area contributed by atoms with Gasteiger partial charge in [-0.3, -0.25) is 4.79 Å². The van der Waals surface area contributed by atoms with E-state index in [1.54, 1.807) is 0 Å². The molecule has 0 unspecified atom stereocenters. The van der Waals surface area contributed by atoms with Crippen LogP contribution in [0.25, 0.3) is 0 Å². The van der Waals surface area contributed by atoms with E-state index in [1.807, 2.05) is 0 Å². The van der Waals surface area contributed by atoms with Gasteiger partial charge in [0.05, 0.1) is 17.6 Å². The first-order valence-corrected chi connectivity index (χ1v) is 13.7. The van der Waals surface area contributed by atoms with E-state index in [0.29, 0.717) is 24.2 Å². The van der Waals surface area contributed by atoms with Crippen molar-refractivity contribution in [2.45, 2.75) is 106 Å². The molecule has 3 fully saturated rings. The summed E-state index contributed by atoms with van der Waals surface area (Å²) in [6.45, 7) is 16.0. The fourth-order valence-electron chi connectivity index (χ4n) is 10.3. The third kappa shape index (κ3) is 2.71. The van der Waals surface area contributed by atoms with E-state index in [2.05, 4.69) is 60.6 Å². The van der Waals surface area contributed by atoms with Crippen LogP contribution >= 0.6 is 0 Å². The molecule has 4 heteroatoms. The molecule has 0 amide bonds. The molecule has 3 N–H and O–H groups in total. The number of hydrogen-bond donors (Lipinski definition) is 3. The Balaban J connectivity index is 1.64. The van der Waals surface area contributed by atoms with Crippen LogP contribution in [-0.2, 0) is 4.79 Å². The van der Waals surface area contributed by atoms with Crippen molar-refractivity contribution in [1.29, 1.82) is 0 Å². The SMILES string of the molecule is C[C@H]1[C@H](C)CC[C@]2(C(=O)O)CC[C@]3(C)C(=CC[C@@H]4[C@@]5(C)C[C@@H](O)[C@H](O)C(C)(C)C5=CC[C@]43C)[C@H]12. The first-order chi connectivity index (χ1) is 15.7. The Bertz CT molecular complexity index is 963. The van der Waals surface area contributed by atoms with Crippen molar-refractivity contribution in [3.8, 4) is 0 Å². The smallest absolute Gasteiger partial charge is 0.310 e. The van der Waals surface area contributed by atoms with Crippen molar-refractivity contribution in [1.82, 2.24) is 0 Å². The number of aliphatic hydroxyl groups is 2. The Labute approximate surface area is 205 Å². The van der Waals surface area contributed by atoms with Crippen molar-refractivity contribution in [2.24, 2.45) is 50.7 Å². The fourth-order valence-corrected chi connectivity index (χ4v) is 10.3. The second-order valence-electron chi connectivity index (χ2n) is 14.2. The third-order valence-electron chi connectivity index (χ3n) is 12.7. The van der Waals surface area contributed by atoms with Gasteiger partial charge < -0.3 is 15.3 Å². The number of fused-ring (bicyclic) bond motifs is 7. The highest BCUT2D eigenvalue weighted by molar-refractivity contribution is 5.76. The van der Waals surface area contributed by atoms with Gasteiger partial charge in [0.2, 0.25) is 0 Å². The van der Waals surface area contributed by atoms with E-state index in [1.165, 1.54) is 11.1 Å². The van der Waals surface area contributed by atoms with Crippen LogP contribution in [0.5, 0.6) is 0 Å². The highest BCUT2D eigenvalue weighted by Crippen LogP contribution is 2.74. The van der Waals surface area contributed by atoms with Crippen molar-refractivity contribution in [3.05, 3.63) is 23.3 Å². The third-order valence-corrected chi connectivity index (χ3v) is 12.7.